The van der Waals surface area contributed by atoms with Gasteiger partial charge in [0.2, 0.25) is 0 Å². The number of benzene rings is 1. The molecule has 1 aromatic carbocycles. The summed E-state index contributed by atoms with van der Waals surface area (Å²) in [5.41, 5.74) is 4.26. The van der Waals surface area contributed by atoms with Crippen LogP contribution in [0.4, 0.5) is 0 Å². The molecule has 0 N–H and O–H groups in total. The summed E-state index contributed by atoms with van der Waals surface area (Å²) >= 11 is 0. The van der Waals surface area contributed by atoms with Gasteiger partial charge in [-0.25, -0.2) is 0 Å². The second kappa shape index (κ2) is 4.19. The maximum atomic E-state index is 4.71. The smallest absolute Gasteiger partial charge is 0.0702 e. The molecule has 2 saturated carbocycles. The molecule has 1 nitrogen and oxygen atoms in total. The number of fused-ring (bicyclic) bond motifs is 2. The molecule has 4 rings (SSSR count). The first-order valence-electron chi connectivity index (χ1n) is 7.38. The molecule has 1 heteroatoms. The van der Waals surface area contributed by atoms with Gasteiger partial charge in [0.05, 0.1) is 5.69 Å². The van der Waals surface area contributed by atoms with Crippen molar-refractivity contribution in [3.8, 4) is 11.3 Å². The molecule has 2 aromatic rings. The van der Waals surface area contributed by atoms with Crippen molar-refractivity contribution < 1.29 is 0 Å². The Bertz CT molecular complexity index is 562. The summed E-state index contributed by atoms with van der Waals surface area (Å²) in [6.45, 7) is 0. The highest BCUT2D eigenvalue weighted by atomic mass is 14.7. The van der Waals surface area contributed by atoms with Gasteiger partial charge in [-0.2, -0.15) is 0 Å². The molecule has 0 unspecified atom stereocenters. The fourth-order valence-electron chi connectivity index (χ4n) is 4.08. The highest BCUT2D eigenvalue weighted by Crippen LogP contribution is 2.55. The molecular weight excluding hydrogens is 230 g/mol. The van der Waals surface area contributed by atoms with Crippen molar-refractivity contribution in [1.29, 1.82) is 0 Å². The monoisotopic (exact) mass is 249 g/mol. The summed E-state index contributed by atoms with van der Waals surface area (Å²) in [5, 5.41) is 0. The Morgan fingerprint density at radius 2 is 1.74 bits per heavy atom. The van der Waals surface area contributed by atoms with E-state index in [1.165, 1.54) is 43.2 Å². The lowest BCUT2D eigenvalue weighted by Gasteiger charge is -2.26. The van der Waals surface area contributed by atoms with E-state index in [4.69, 9.17) is 4.98 Å². The zero-order valence-corrected chi connectivity index (χ0v) is 11.2. The van der Waals surface area contributed by atoms with E-state index in [1.54, 1.807) is 0 Å². The summed E-state index contributed by atoms with van der Waals surface area (Å²) in [7, 11) is 0. The van der Waals surface area contributed by atoms with Crippen molar-refractivity contribution in [3.63, 3.8) is 0 Å². The maximum absolute atomic E-state index is 4.71. The van der Waals surface area contributed by atoms with E-state index in [2.05, 4.69) is 42.6 Å². The van der Waals surface area contributed by atoms with Gasteiger partial charge in [0.1, 0.15) is 0 Å². The molecule has 0 atom stereocenters. The minimum absolute atomic E-state index is 0.479. The normalized spacial score (nSPS) is 28.7. The number of pyridine rings is 1. The van der Waals surface area contributed by atoms with E-state index in [0.717, 1.165) is 11.6 Å². The Morgan fingerprint density at radius 1 is 0.947 bits per heavy atom. The predicted octanol–water partition coefficient (Wildman–Crippen LogP) is 4.58. The highest BCUT2D eigenvalue weighted by Gasteiger charge is 2.45. The van der Waals surface area contributed by atoms with Gasteiger partial charge in [-0.3, -0.25) is 4.98 Å². The number of hydrogen-bond donors (Lipinski definition) is 0. The molecule has 0 spiro atoms. The Balaban J connectivity index is 1.67. The van der Waals surface area contributed by atoms with Crippen LogP contribution in [0.15, 0.2) is 48.7 Å². The lowest BCUT2D eigenvalue weighted by atomic mass is 9.78. The van der Waals surface area contributed by atoms with Crippen LogP contribution in [0.2, 0.25) is 0 Å². The van der Waals surface area contributed by atoms with Crippen LogP contribution in [0.5, 0.6) is 0 Å². The average Bonchev–Trinajstić information content (AvgIpc) is 3.10. The molecule has 2 aliphatic rings. The first-order chi connectivity index (χ1) is 9.36. The van der Waals surface area contributed by atoms with Crippen LogP contribution in [-0.2, 0) is 5.41 Å². The molecule has 2 aliphatic carbocycles. The third-order valence-corrected chi connectivity index (χ3v) is 5.19. The summed E-state index contributed by atoms with van der Waals surface area (Å²) in [6.07, 6.45) is 9.16. The molecule has 0 saturated heterocycles. The van der Waals surface area contributed by atoms with Crippen molar-refractivity contribution in [3.05, 3.63) is 54.2 Å². The van der Waals surface area contributed by atoms with Gasteiger partial charge in [-0.05, 0) is 55.1 Å². The van der Waals surface area contributed by atoms with Crippen molar-refractivity contribution in [2.75, 3.05) is 0 Å². The molecule has 2 fully saturated rings. The van der Waals surface area contributed by atoms with Crippen LogP contribution in [-0.4, -0.2) is 4.98 Å². The quantitative estimate of drug-likeness (QED) is 0.759. The first-order valence-corrected chi connectivity index (χ1v) is 7.38. The third kappa shape index (κ3) is 1.80. The molecule has 0 radical (unpaired) electrons. The molecule has 19 heavy (non-hydrogen) atoms. The van der Waals surface area contributed by atoms with Crippen LogP contribution in [0, 0.1) is 5.92 Å². The van der Waals surface area contributed by atoms with Crippen molar-refractivity contribution in [2.45, 2.75) is 37.5 Å². The SMILES string of the molecule is c1ccc(-c2ccc(C34CCC(CC3)C4)cn2)cc1. The van der Waals surface area contributed by atoms with Gasteiger partial charge in [0.25, 0.3) is 0 Å². The standard InChI is InChI=1S/C18H19N/c1-2-4-15(5-3-1)17-7-6-16(13-19-17)18-10-8-14(12-18)9-11-18/h1-7,13-14H,8-12H2. The van der Waals surface area contributed by atoms with Crippen LogP contribution in [0.3, 0.4) is 0 Å². The largest absolute Gasteiger partial charge is 0.256 e. The molecular formula is C18H19N. The Morgan fingerprint density at radius 3 is 2.32 bits per heavy atom. The second-order valence-corrected chi connectivity index (χ2v) is 6.23. The Hall–Kier alpha value is -1.63. The van der Waals surface area contributed by atoms with E-state index in [9.17, 15) is 0 Å². The highest BCUT2D eigenvalue weighted by molar-refractivity contribution is 5.58. The van der Waals surface area contributed by atoms with Crippen LogP contribution in [0.1, 0.15) is 37.7 Å². The second-order valence-electron chi connectivity index (χ2n) is 6.23. The van der Waals surface area contributed by atoms with Gasteiger partial charge in [0, 0.05) is 11.8 Å². The molecule has 0 amide bonds. The summed E-state index contributed by atoms with van der Waals surface area (Å²) in [4.78, 5) is 4.71. The van der Waals surface area contributed by atoms with Gasteiger partial charge in [0.15, 0.2) is 0 Å². The van der Waals surface area contributed by atoms with Crippen LogP contribution < -0.4 is 0 Å². The van der Waals surface area contributed by atoms with E-state index < -0.39 is 0 Å². The van der Waals surface area contributed by atoms with Crippen molar-refractivity contribution >= 4 is 0 Å². The van der Waals surface area contributed by atoms with Gasteiger partial charge in [-0.15, -0.1) is 0 Å². The zero-order valence-electron chi connectivity index (χ0n) is 11.2. The topological polar surface area (TPSA) is 12.9 Å². The third-order valence-electron chi connectivity index (χ3n) is 5.19. The molecule has 1 heterocycles. The Labute approximate surface area is 114 Å². The first kappa shape index (κ1) is 11.2. The lowest BCUT2D eigenvalue weighted by molar-refractivity contribution is 0.418. The minimum atomic E-state index is 0.479. The van der Waals surface area contributed by atoms with Gasteiger partial charge < -0.3 is 0 Å². The maximum Gasteiger partial charge on any atom is 0.0702 e. The predicted molar refractivity (Wildman–Crippen MR) is 77.9 cm³/mol. The van der Waals surface area contributed by atoms with Crippen LogP contribution in [0.25, 0.3) is 11.3 Å². The minimum Gasteiger partial charge on any atom is -0.256 e. The summed E-state index contributed by atoms with van der Waals surface area (Å²) < 4.78 is 0. The summed E-state index contributed by atoms with van der Waals surface area (Å²) in [5.74, 6) is 0.994. The number of aromatic nitrogens is 1. The Kier molecular flexibility index (Phi) is 2.48. The van der Waals surface area contributed by atoms with Gasteiger partial charge in [-0.1, -0.05) is 36.4 Å². The molecule has 2 bridgehead atoms. The van der Waals surface area contributed by atoms with Crippen molar-refractivity contribution in [1.82, 2.24) is 4.98 Å². The number of nitrogens with zero attached hydrogens (tertiary/aromatic N) is 1. The van der Waals surface area contributed by atoms with E-state index in [0.29, 0.717) is 5.41 Å². The number of hydrogen-bond acceptors (Lipinski definition) is 1. The fraction of sp³-hybridized carbons (Fsp3) is 0.389. The fourth-order valence-corrected chi connectivity index (χ4v) is 4.08. The molecule has 1 aromatic heterocycles. The van der Waals surface area contributed by atoms with E-state index in [1.807, 2.05) is 6.07 Å². The molecule has 96 valence electrons. The molecule has 0 aliphatic heterocycles. The number of rotatable bonds is 2. The van der Waals surface area contributed by atoms with E-state index >= 15 is 0 Å². The van der Waals surface area contributed by atoms with Gasteiger partial charge >= 0.3 is 0 Å². The zero-order chi connectivity index (χ0) is 12.7. The van der Waals surface area contributed by atoms with Crippen molar-refractivity contribution in [2.24, 2.45) is 5.92 Å². The van der Waals surface area contributed by atoms with Crippen LogP contribution >= 0.6 is 0 Å². The van der Waals surface area contributed by atoms with E-state index in [-0.39, 0.29) is 0 Å². The average molecular weight is 249 g/mol. The summed E-state index contributed by atoms with van der Waals surface area (Å²) in [6, 6.07) is 15.0. The lowest BCUT2D eigenvalue weighted by Crippen LogP contribution is -2.19.